The molecule has 3 rings (SSSR count). The summed E-state index contributed by atoms with van der Waals surface area (Å²) < 4.78 is 10.5. The van der Waals surface area contributed by atoms with Gasteiger partial charge in [0.15, 0.2) is 0 Å². The number of hydrogen-bond donors (Lipinski definition) is 2. The first-order chi connectivity index (χ1) is 15.5. The van der Waals surface area contributed by atoms with Crippen molar-refractivity contribution in [2.75, 3.05) is 7.11 Å². The molecule has 0 aliphatic carbocycles. The lowest BCUT2D eigenvalue weighted by atomic mass is 10.1. The molecule has 162 valence electrons. The van der Waals surface area contributed by atoms with E-state index < -0.39 is 17.8 Å². The van der Waals surface area contributed by atoms with Crippen LogP contribution in [-0.4, -0.2) is 24.9 Å². The summed E-state index contributed by atoms with van der Waals surface area (Å²) in [5, 5.41) is 0. The van der Waals surface area contributed by atoms with Gasteiger partial charge >= 0.3 is 5.97 Å². The van der Waals surface area contributed by atoms with Gasteiger partial charge in [-0.3, -0.25) is 20.4 Å². The molecule has 0 fully saturated rings. The Morgan fingerprint density at radius 3 is 2.16 bits per heavy atom. The predicted octanol–water partition coefficient (Wildman–Crippen LogP) is 3.70. The highest BCUT2D eigenvalue weighted by Gasteiger charge is 2.11. The molecular weight excluding hydrogens is 408 g/mol. The minimum Gasteiger partial charge on any atom is -0.497 e. The normalized spacial score (nSPS) is 10.4. The fourth-order valence-electron chi connectivity index (χ4n) is 2.70. The Balaban J connectivity index is 1.59. The summed E-state index contributed by atoms with van der Waals surface area (Å²) >= 11 is 0. The quantitative estimate of drug-likeness (QED) is 0.269. The smallest absolute Gasteiger partial charge is 0.343 e. The number of carbonyl (C=O) groups excluding carboxylic acids is 3. The molecule has 7 nitrogen and oxygen atoms in total. The first-order valence-electron chi connectivity index (χ1n) is 9.76. The molecule has 0 aliphatic heterocycles. The van der Waals surface area contributed by atoms with Crippen LogP contribution in [0.2, 0.25) is 0 Å². The maximum Gasteiger partial charge on any atom is 0.343 e. The van der Waals surface area contributed by atoms with Crippen LogP contribution in [0.15, 0.2) is 78.9 Å². The summed E-state index contributed by atoms with van der Waals surface area (Å²) in [6.07, 6.45) is 2.72. The van der Waals surface area contributed by atoms with Crippen molar-refractivity contribution in [2.45, 2.75) is 6.92 Å². The van der Waals surface area contributed by atoms with Crippen LogP contribution in [0.5, 0.6) is 11.5 Å². The van der Waals surface area contributed by atoms with Gasteiger partial charge in [-0.1, -0.05) is 35.9 Å². The number of carbonyl (C=O) groups is 3. The summed E-state index contributed by atoms with van der Waals surface area (Å²) in [4.78, 5) is 36.6. The van der Waals surface area contributed by atoms with Gasteiger partial charge in [-0.05, 0) is 55.5 Å². The van der Waals surface area contributed by atoms with E-state index in [1.807, 2.05) is 19.1 Å². The Hall–Kier alpha value is -4.39. The lowest BCUT2D eigenvalue weighted by molar-refractivity contribution is -0.117. The van der Waals surface area contributed by atoms with E-state index in [4.69, 9.17) is 9.47 Å². The minimum atomic E-state index is -0.550. The highest BCUT2D eigenvalue weighted by Crippen LogP contribution is 2.21. The Bertz CT molecular complexity index is 1140. The fourth-order valence-corrected chi connectivity index (χ4v) is 2.70. The van der Waals surface area contributed by atoms with E-state index in [1.165, 1.54) is 19.3 Å². The molecule has 0 spiro atoms. The Labute approximate surface area is 185 Å². The van der Waals surface area contributed by atoms with E-state index in [9.17, 15) is 14.4 Å². The second-order valence-corrected chi connectivity index (χ2v) is 6.80. The van der Waals surface area contributed by atoms with E-state index in [0.29, 0.717) is 28.2 Å². The number of hydrazine groups is 1. The number of para-hydroxylation sites is 1. The molecule has 0 radical (unpaired) electrons. The summed E-state index contributed by atoms with van der Waals surface area (Å²) in [6, 6.07) is 20.3. The molecule has 7 heteroatoms. The van der Waals surface area contributed by atoms with Gasteiger partial charge in [0.05, 0.1) is 12.7 Å². The van der Waals surface area contributed by atoms with E-state index >= 15 is 0 Å². The average molecular weight is 430 g/mol. The molecule has 2 amide bonds. The third-order valence-corrected chi connectivity index (χ3v) is 4.47. The largest absolute Gasteiger partial charge is 0.497 e. The zero-order valence-corrected chi connectivity index (χ0v) is 17.6. The number of benzene rings is 3. The van der Waals surface area contributed by atoms with Crippen molar-refractivity contribution in [2.24, 2.45) is 0 Å². The number of nitrogens with one attached hydrogen (secondary N) is 2. The molecule has 0 aliphatic rings. The third-order valence-electron chi connectivity index (χ3n) is 4.47. The van der Waals surface area contributed by atoms with Gasteiger partial charge in [0.25, 0.3) is 11.8 Å². The maximum atomic E-state index is 12.4. The molecule has 0 atom stereocenters. The SMILES string of the molecule is COc1ccc(C(=O)NNC(=O)/C=C/c2ccccc2OC(=O)c2ccc(C)cc2)cc1. The topological polar surface area (TPSA) is 93.7 Å². The molecule has 0 aromatic heterocycles. The molecule has 3 aromatic rings. The first kappa shape index (κ1) is 22.3. The van der Waals surface area contributed by atoms with Crippen molar-refractivity contribution < 1.29 is 23.9 Å². The molecule has 0 unspecified atom stereocenters. The van der Waals surface area contributed by atoms with Crippen molar-refractivity contribution in [3.8, 4) is 11.5 Å². The van der Waals surface area contributed by atoms with Gasteiger partial charge in [-0.25, -0.2) is 4.79 Å². The summed E-state index contributed by atoms with van der Waals surface area (Å²) in [7, 11) is 1.53. The van der Waals surface area contributed by atoms with Gasteiger partial charge in [0.2, 0.25) is 0 Å². The number of hydrogen-bond acceptors (Lipinski definition) is 5. The molecule has 0 heterocycles. The van der Waals surface area contributed by atoms with E-state index in [1.54, 1.807) is 60.7 Å². The standard InChI is InChI=1S/C25H22N2O5/c1-17-7-9-20(10-8-17)25(30)32-22-6-4-3-5-18(22)13-16-23(28)26-27-24(29)19-11-14-21(31-2)15-12-19/h3-16H,1-2H3,(H,26,28)(H,27,29)/b16-13+. The van der Waals surface area contributed by atoms with Gasteiger partial charge in [-0.2, -0.15) is 0 Å². The number of methoxy groups -OCH3 is 1. The summed E-state index contributed by atoms with van der Waals surface area (Å²) in [6.45, 7) is 1.93. The second-order valence-electron chi connectivity index (χ2n) is 6.80. The zero-order valence-electron chi connectivity index (χ0n) is 17.6. The van der Waals surface area contributed by atoms with E-state index in [-0.39, 0.29) is 0 Å². The van der Waals surface area contributed by atoms with Crippen LogP contribution < -0.4 is 20.3 Å². The molecule has 3 aromatic carbocycles. The van der Waals surface area contributed by atoms with Gasteiger partial charge in [0.1, 0.15) is 11.5 Å². The number of ether oxygens (including phenoxy) is 2. The van der Waals surface area contributed by atoms with E-state index in [2.05, 4.69) is 10.9 Å². The third kappa shape index (κ3) is 6.06. The predicted molar refractivity (Wildman–Crippen MR) is 120 cm³/mol. The lowest BCUT2D eigenvalue weighted by Crippen LogP contribution is -2.40. The number of esters is 1. The minimum absolute atomic E-state index is 0.310. The molecular formula is C25H22N2O5. The van der Waals surface area contributed by atoms with Crippen molar-refractivity contribution in [1.82, 2.24) is 10.9 Å². The van der Waals surface area contributed by atoms with Crippen LogP contribution in [0, 0.1) is 6.92 Å². The molecule has 0 saturated carbocycles. The van der Waals surface area contributed by atoms with Crippen molar-refractivity contribution in [3.63, 3.8) is 0 Å². The van der Waals surface area contributed by atoms with Crippen LogP contribution in [0.1, 0.15) is 31.8 Å². The van der Waals surface area contributed by atoms with Crippen molar-refractivity contribution in [3.05, 3.63) is 101 Å². The molecule has 2 N–H and O–H groups in total. The first-order valence-corrected chi connectivity index (χ1v) is 9.76. The number of amides is 2. The van der Waals surface area contributed by atoms with Crippen LogP contribution in [0.3, 0.4) is 0 Å². The number of rotatable bonds is 6. The Morgan fingerprint density at radius 2 is 1.47 bits per heavy atom. The molecule has 32 heavy (non-hydrogen) atoms. The van der Waals surface area contributed by atoms with E-state index in [0.717, 1.165) is 5.56 Å². The highest BCUT2D eigenvalue weighted by atomic mass is 16.5. The van der Waals surface area contributed by atoms with Crippen LogP contribution in [0.4, 0.5) is 0 Å². The van der Waals surface area contributed by atoms with Crippen molar-refractivity contribution >= 4 is 23.9 Å². The van der Waals surface area contributed by atoms with Crippen LogP contribution in [0.25, 0.3) is 6.08 Å². The average Bonchev–Trinajstić information content (AvgIpc) is 2.82. The fraction of sp³-hybridized carbons (Fsp3) is 0.0800. The van der Waals surface area contributed by atoms with Gasteiger partial charge in [-0.15, -0.1) is 0 Å². The maximum absolute atomic E-state index is 12.4. The van der Waals surface area contributed by atoms with Crippen molar-refractivity contribution in [1.29, 1.82) is 0 Å². The van der Waals surface area contributed by atoms with Gasteiger partial charge in [0, 0.05) is 17.2 Å². The molecule has 0 bridgehead atoms. The molecule has 0 saturated heterocycles. The Kier molecular flexibility index (Phi) is 7.37. The lowest BCUT2D eigenvalue weighted by Gasteiger charge is -2.08. The summed E-state index contributed by atoms with van der Waals surface area (Å²) in [5.74, 6) is -0.588. The monoisotopic (exact) mass is 430 g/mol. The number of aryl methyl sites for hydroxylation is 1. The summed E-state index contributed by atoms with van der Waals surface area (Å²) in [5.41, 5.74) is 6.99. The second kappa shape index (κ2) is 10.6. The zero-order chi connectivity index (χ0) is 22.9. The van der Waals surface area contributed by atoms with Gasteiger partial charge < -0.3 is 9.47 Å². The highest BCUT2D eigenvalue weighted by molar-refractivity contribution is 5.98. The Morgan fingerprint density at radius 1 is 0.812 bits per heavy atom. The van der Waals surface area contributed by atoms with Crippen LogP contribution in [-0.2, 0) is 4.79 Å². The van der Waals surface area contributed by atoms with Crippen LogP contribution >= 0.6 is 0 Å².